The van der Waals surface area contributed by atoms with E-state index in [1.54, 1.807) is 18.0 Å². The number of ether oxygens (including phenoxy) is 1. The number of halogens is 1. The minimum Gasteiger partial charge on any atom is -0.448 e. The number of anilines is 1. The molecule has 0 aliphatic carbocycles. The number of hydrogen-bond donors (Lipinski definition) is 2. The largest absolute Gasteiger partial charge is 0.448 e. The van der Waals surface area contributed by atoms with Gasteiger partial charge in [-0.05, 0) is 24.6 Å². The monoisotopic (exact) mass is 508 g/mol. The molecule has 0 unspecified atom stereocenters. The molecule has 3 heterocycles. The predicted molar refractivity (Wildman–Crippen MR) is 130 cm³/mol. The van der Waals surface area contributed by atoms with Gasteiger partial charge in [-0.25, -0.2) is 0 Å². The molecule has 32 heavy (non-hydrogen) atoms. The van der Waals surface area contributed by atoms with Crippen LogP contribution in [0.15, 0.2) is 64.4 Å². The average molecular weight is 509 g/mol. The maximum absolute atomic E-state index is 6.42. The first-order valence-corrected chi connectivity index (χ1v) is 12.2. The number of aromatic amines is 1. The number of rotatable bonds is 6. The van der Waals surface area contributed by atoms with Crippen LogP contribution in [0.4, 0.5) is 5.69 Å². The smallest absolute Gasteiger partial charge is 0.247 e. The van der Waals surface area contributed by atoms with Crippen molar-refractivity contribution in [1.82, 2.24) is 25.4 Å². The molecule has 5 rings (SSSR count). The number of unbranched alkanes of at least 4 members (excludes halogenated alkanes) is 1. The second-order valence-corrected chi connectivity index (χ2v) is 9.33. The molecule has 0 saturated carbocycles. The number of nitrogens with one attached hydrogen (secondary N) is 2. The number of nitrogens with zero attached hydrogens (tertiary/aromatic N) is 4. The summed E-state index contributed by atoms with van der Waals surface area (Å²) in [5, 5.41) is 20.4. The van der Waals surface area contributed by atoms with Gasteiger partial charge in [-0.2, -0.15) is 10.1 Å². The number of thioether (sulfide) groups is 1. The number of H-pyrrole nitrogens is 1. The molecule has 162 valence electrons. The fourth-order valence-electron chi connectivity index (χ4n) is 3.51. The Morgan fingerprint density at radius 1 is 1.12 bits per heavy atom. The lowest BCUT2D eigenvalue weighted by Crippen LogP contribution is -2.17. The fourth-order valence-corrected chi connectivity index (χ4v) is 4.73. The van der Waals surface area contributed by atoms with Crippen LogP contribution < -0.4 is 10.1 Å². The van der Waals surface area contributed by atoms with Crippen molar-refractivity contribution in [2.24, 2.45) is 0 Å². The van der Waals surface area contributed by atoms with E-state index in [0.717, 1.165) is 51.1 Å². The van der Waals surface area contributed by atoms with Gasteiger partial charge in [0.15, 0.2) is 5.69 Å². The zero-order valence-electron chi connectivity index (χ0n) is 17.4. The molecule has 0 spiro atoms. The topological polar surface area (TPSA) is 88.6 Å². The maximum atomic E-state index is 6.42. The van der Waals surface area contributed by atoms with Crippen molar-refractivity contribution in [2.45, 2.75) is 31.1 Å². The van der Waals surface area contributed by atoms with Crippen molar-refractivity contribution in [2.75, 3.05) is 11.1 Å². The summed E-state index contributed by atoms with van der Waals surface area (Å²) in [6, 6.07) is 16.1. The van der Waals surface area contributed by atoms with E-state index in [2.05, 4.69) is 48.6 Å². The Bertz CT molecular complexity index is 1230. The van der Waals surface area contributed by atoms with Crippen LogP contribution in [0.2, 0.25) is 0 Å². The van der Waals surface area contributed by atoms with Gasteiger partial charge in [0.1, 0.15) is 0 Å². The molecular weight excluding hydrogens is 488 g/mol. The Morgan fingerprint density at radius 2 is 2.00 bits per heavy atom. The average Bonchev–Trinajstić information content (AvgIpc) is 3.25. The van der Waals surface area contributed by atoms with Crippen LogP contribution in [0.1, 0.15) is 31.6 Å². The molecule has 1 atom stereocenters. The SMILES string of the molecule is CCCCSc1nnc2c(n1)O[C@H](c1cn[nH]c1-c1ccccc1)Nc1ccc(Br)cc1-2. The summed E-state index contributed by atoms with van der Waals surface area (Å²) in [4.78, 5) is 4.72. The highest BCUT2D eigenvalue weighted by Crippen LogP contribution is 2.42. The van der Waals surface area contributed by atoms with Gasteiger partial charge < -0.3 is 10.1 Å². The number of benzene rings is 2. The van der Waals surface area contributed by atoms with E-state index < -0.39 is 6.23 Å². The second kappa shape index (κ2) is 9.30. The van der Waals surface area contributed by atoms with Crippen LogP contribution in [-0.4, -0.2) is 31.1 Å². The molecule has 0 fully saturated rings. The molecule has 0 bridgehead atoms. The van der Waals surface area contributed by atoms with Crippen LogP contribution in [0, 0.1) is 0 Å². The minimum atomic E-state index is -0.504. The van der Waals surface area contributed by atoms with Crippen molar-refractivity contribution < 1.29 is 4.74 Å². The molecule has 0 saturated heterocycles. The molecule has 2 N–H and O–H groups in total. The molecule has 4 aromatic rings. The van der Waals surface area contributed by atoms with Gasteiger partial charge in [-0.1, -0.05) is 71.4 Å². The Hall–Kier alpha value is -2.91. The summed E-state index contributed by atoms with van der Waals surface area (Å²) in [5.41, 5.74) is 5.19. The van der Waals surface area contributed by atoms with Gasteiger partial charge >= 0.3 is 0 Å². The summed E-state index contributed by atoms with van der Waals surface area (Å²) in [7, 11) is 0. The molecule has 2 aromatic heterocycles. The third-order valence-electron chi connectivity index (χ3n) is 5.13. The van der Waals surface area contributed by atoms with Crippen LogP contribution in [0.5, 0.6) is 5.88 Å². The maximum Gasteiger partial charge on any atom is 0.247 e. The van der Waals surface area contributed by atoms with Crippen LogP contribution in [0.25, 0.3) is 22.5 Å². The van der Waals surface area contributed by atoms with Gasteiger partial charge in [0.05, 0.1) is 17.5 Å². The molecule has 0 amide bonds. The molecular formula is C23H21BrN6OS. The first-order chi connectivity index (χ1) is 15.7. The highest BCUT2D eigenvalue weighted by molar-refractivity contribution is 9.10. The lowest BCUT2D eigenvalue weighted by atomic mass is 10.1. The first-order valence-electron chi connectivity index (χ1n) is 10.4. The molecule has 1 aliphatic rings. The molecule has 0 radical (unpaired) electrons. The Labute approximate surface area is 198 Å². The number of aromatic nitrogens is 5. The van der Waals surface area contributed by atoms with E-state index in [4.69, 9.17) is 9.72 Å². The molecule has 9 heteroatoms. The Balaban J connectivity index is 1.58. The quantitative estimate of drug-likeness (QED) is 0.240. The van der Waals surface area contributed by atoms with E-state index in [9.17, 15) is 0 Å². The van der Waals surface area contributed by atoms with Crippen LogP contribution in [-0.2, 0) is 0 Å². The van der Waals surface area contributed by atoms with Crippen molar-refractivity contribution in [3.05, 3.63) is 64.8 Å². The lowest BCUT2D eigenvalue weighted by Gasteiger charge is -2.19. The van der Waals surface area contributed by atoms with E-state index in [1.165, 1.54) is 0 Å². The van der Waals surface area contributed by atoms with Gasteiger partial charge in [0.2, 0.25) is 17.3 Å². The van der Waals surface area contributed by atoms with Gasteiger partial charge in [-0.3, -0.25) is 5.10 Å². The summed E-state index contributed by atoms with van der Waals surface area (Å²) in [5.74, 6) is 1.40. The Kier molecular flexibility index (Phi) is 6.09. The molecule has 2 aromatic carbocycles. The van der Waals surface area contributed by atoms with E-state index in [1.807, 2.05) is 48.5 Å². The van der Waals surface area contributed by atoms with Crippen LogP contribution >= 0.6 is 27.7 Å². The van der Waals surface area contributed by atoms with Crippen molar-refractivity contribution in [1.29, 1.82) is 0 Å². The van der Waals surface area contributed by atoms with Gasteiger partial charge in [0.25, 0.3) is 0 Å². The highest BCUT2D eigenvalue weighted by Gasteiger charge is 2.29. The third kappa shape index (κ3) is 4.22. The summed E-state index contributed by atoms with van der Waals surface area (Å²) in [6.07, 6.45) is 3.50. The van der Waals surface area contributed by atoms with E-state index in [0.29, 0.717) is 16.7 Å². The van der Waals surface area contributed by atoms with Crippen molar-refractivity contribution in [3.63, 3.8) is 0 Å². The zero-order chi connectivity index (χ0) is 21.9. The van der Waals surface area contributed by atoms with Gasteiger partial charge in [0, 0.05) is 27.0 Å². The standard InChI is InChI=1S/C23H21BrN6OS/c1-2-3-11-32-23-27-22-20(29-30-23)16-12-15(24)9-10-18(16)26-21(31-22)17-13-25-28-19(17)14-7-5-4-6-8-14/h4-10,12-13,21,26H,2-3,11H2,1H3,(H,25,28)/t21-/m1/s1. The van der Waals surface area contributed by atoms with Crippen molar-refractivity contribution in [3.8, 4) is 28.4 Å². The number of fused-ring (bicyclic) bond motifs is 3. The fraction of sp³-hybridized carbons (Fsp3) is 0.217. The van der Waals surface area contributed by atoms with Crippen molar-refractivity contribution >= 4 is 33.4 Å². The van der Waals surface area contributed by atoms with Gasteiger partial charge in [-0.15, -0.1) is 10.2 Å². The minimum absolute atomic E-state index is 0.452. The summed E-state index contributed by atoms with van der Waals surface area (Å²) < 4.78 is 7.36. The summed E-state index contributed by atoms with van der Waals surface area (Å²) >= 11 is 5.16. The Morgan fingerprint density at radius 3 is 2.84 bits per heavy atom. The van der Waals surface area contributed by atoms with E-state index >= 15 is 0 Å². The molecule has 7 nitrogen and oxygen atoms in total. The first kappa shape index (κ1) is 21.0. The lowest BCUT2D eigenvalue weighted by molar-refractivity contribution is 0.226. The number of hydrogen-bond acceptors (Lipinski definition) is 7. The third-order valence-corrected chi connectivity index (χ3v) is 6.55. The highest BCUT2D eigenvalue weighted by atomic mass is 79.9. The molecule has 1 aliphatic heterocycles. The predicted octanol–water partition coefficient (Wildman–Crippen LogP) is 6.09. The summed E-state index contributed by atoms with van der Waals surface area (Å²) in [6.45, 7) is 2.17. The van der Waals surface area contributed by atoms with E-state index in [-0.39, 0.29) is 0 Å². The second-order valence-electron chi connectivity index (χ2n) is 7.35. The zero-order valence-corrected chi connectivity index (χ0v) is 19.8. The normalized spacial score (nSPS) is 14.6. The van der Waals surface area contributed by atoms with Crippen LogP contribution in [0.3, 0.4) is 0 Å².